The van der Waals surface area contributed by atoms with Crippen LogP contribution in [0.15, 0.2) is 22.9 Å². The summed E-state index contributed by atoms with van der Waals surface area (Å²) < 4.78 is 0.839. The smallest absolute Gasteiger partial charge is 0.253 e. The molecule has 2 fully saturated rings. The van der Waals surface area contributed by atoms with Gasteiger partial charge in [0.05, 0.1) is 12.2 Å². The van der Waals surface area contributed by atoms with Crippen LogP contribution >= 0.6 is 15.9 Å². The Kier molecular flexibility index (Phi) is 3.89. The van der Waals surface area contributed by atoms with Crippen LogP contribution in [-0.4, -0.2) is 47.2 Å². The topological polar surface area (TPSA) is 90.0 Å². The fourth-order valence-electron chi connectivity index (χ4n) is 4.26. The zero-order chi connectivity index (χ0) is 16.8. The lowest BCUT2D eigenvalue weighted by molar-refractivity contribution is 0.0914. The molecule has 2 aromatic rings. The number of amides is 1. The fraction of sp³-hybridized carbons (Fsp3) is 0.529. The lowest BCUT2D eigenvalue weighted by Crippen LogP contribution is -2.39. The van der Waals surface area contributed by atoms with Crippen molar-refractivity contribution in [3.8, 4) is 0 Å². The molecule has 1 spiro atoms. The predicted octanol–water partition coefficient (Wildman–Crippen LogP) is 1.81. The van der Waals surface area contributed by atoms with Crippen molar-refractivity contribution in [3.05, 3.63) is 28.5 Å². The average molecular weight is 393 g/mol. The minimum atomic E-state index is -0.157. The highest BCUT2D eigenvalue weighted by Gasteiger charge is 2.66. The Morgan fingerprint density at radius 1 is 1.42 bits per heavy atom. The normalized spacial score (nSPS) is 25.1. The Balaban J connectivity index is 1.49. The quantitative estimate of drug-likeness (QED) is 0.638. The predicted molar refractivity (Wildman–Crippen MR) is 94.8 cm³/mol. The maximum Gasteiger partial charge on any atom is 0.253 e. The van der Waals surface area contributed by atoms with Crippen LogP contribution in [0.5, 0.6) is 0 Å². The molecule has 1 aliphatic carbocycles. The summed E-state index contributed by atoms with van der Waals surface area (Å²) in [6, 6.07) is 1.89. The number of pyridine rings is 1. The van der Waals surface area contributed by atoms with E-state index in [0.717, 1.165) is 42.2 Å². The molecule has 1 saturated carbocycles. The Labute approximate surface area is 148 Å². The molecule has 3 heterocycles. The van der Waals surface area contributed by atoms with Gasteiger partial charge in [-0.1, -0.05) is 0 Å². The summed E-state index contributed by atoms with van der Waals surface area (Å²) in [7, 11) is 0. The molecule has 1 amide bonds. The number of H-pyrrole nitrogens is 1. The second-order valence-corrected chi connectivity index (χ2v) is 8.00. The molecular formula is C17H21BrN4O2. The number of hydrogen-bond donors (Lipinski definition) is 4. The highest BCUT2D eigenvalue weighted by atomic mass is 79.9. The third kappa shape index (κ3) is 2.46. The minimum absolute atomic E-state index is 0.120. The van der Waals surface area contributed by atoms with Crippen molar-refractivity contribution < 1.29 is 9.90 Å². The SMILES string of the molecule is O=C(NCC1(CO)CC12CCNCC2)c1c[nH]c2ncc(Br)cc12. The zero-order valence-corrected chi connectivity index (χ0v) is 14.9. The minimum Gasteiger partial charge on any atom is -0.396 e. The van der Waals surface area contributed by atoms with Gasteiger partial charge in [0.1, 0.15) is 5.65 Å². The maximum absolute atomic E-state index is 12.6. The second-order valence-electron chi connectivity index (χ2n) is 7.08. The molecular weight excluding hydrogens is 372 g/mol. The number of hydrogen-bond acceptors (Lipinski definition) is 4. The van der Waals surface area contributed by atoms with Crippen molar-refractivity contribution in [2.24, 2.45) is 10.8 Å². The van der Waals surface area contributed by atoms with Gasteiger partial charge in [-0.3, -0.25) is 4.79 Å². The number of nitrogens with zero attached hydrogens (tertiary/aromatic N) is 1. The van der Waals surface area contributed by atoms with E-state index in [4.69, 9.17) is 0 Å². The molecule has 0 bridgehead atoms. The number of rotatable bonds is 4. The monoisotopic (exact) mass is 392 g/mol. The highest BCUT2D eigenvalue weighted by molar-refractivity contribution is 9.10. The number of halogens is 1. The highest BCUT2D eigenvalue weighted by Crippen LogP contribution is 2.67. The van der Waals surface area contributed by atoms with Crippen molar-refractivity contribution >= 4 is 32.9 Å². The molecule has 128 valence electrons. The van der Waals surface area contributed by atoms with Crippen LogP contribution in [0.2, 0.25) is 0 Å². The third-order valence-corrected chi connectivity index (χ3v) is 6.30. The van der Waals surface area contributed by atoms with Crippen molar-refractivity contribution in [1.29, 1.82) is 0 Å². The van der Waals surface area contributed by atoms with Crippen LogP contribution in [0, 0.1) is 10.8 Å². The Hall–Kier alpha value is -1.44. The molecule has 6 nitrogen and oxygen atoms in total. The molecule has 24 heavy (non-hydrogen) atoms. The zero-order valence-electron chi connectivity index (χ0n) is 13.4. The number of aromatic amines is 1. The number of piperidine rings is 1. The Morgan fingerprint density at radius 2 is 2.21 bits per heavy atom. The van der Waals surface area contributed by atoms with E-state index >= 15 is 0 Å². The van der Waals surface area contributed by atoms with Gasteiger partial charge in [0.2, 0.25) is 0 Å². The van der Waals surface area contributed by atoms with Crippen molar-refractivity contribution in [3.63, 3.8) is 0 Å². The molecule has 0 radical (unpaired) electrons. The second kappa shape index (κ2) is 5.82. The van der Waals surface area contributed by atoms with E-state index in [1.54, 1.807) is 12.4 Å². The van der Waals surface area contributed by atoms with E-state index < -0.39 is 0 Å². The van der Waals surface area contributed by atoms with Crippen LogP contribution < -0.4 is 10.6 Å². The summed E-state index contributed by atoms with van der Waals surface area (Å²) in [6.07, 6.45) is 6.55. The third-order valence-electron chi connectivity index (χ3n) is 5.87. The van der Waals surface area contributed by atoms with Gasteiger partial charge in [-0.05, 0) is 59.8 Å². The fourth-order valence-corrected chi connectivity index (χ4v) is 4.59. The van der Waals surface area contributed by atoms with Crippen molar-refractivity contribution in [1.82, 2.24) is 20.6 Å². The molecule has 2 aliphatic rings. The van der Waals surface area contributed by atoms with E-state index in [1.807, 2.05) is 6.07 Å². The van der Waals surface area contributed by atoms with Crippen LogP contribution in [-0.2, 0) is 0 Å². The van der Waals surface area contributed by atoms with E-state index in [-0.39, 0.29) is 23.3 Å². The number of carbonyl (C=O) groups excluding carboxylic acids is 1. The molecule has 1 atom stereocenters. The van der Waals surface area contributed by atoms with Gasteiger partial charge in [0.25, 0.3) is 5.91 Å². The molecule has 4 N–H and O–H groups in total. The number of nitrogens with one attached hydrogen (secondary N) is 3. The molecule has 7 heteroatoms. The number of carbonyl (C=O) groups is 1. The lowest BCUT2D eigenvalue weighted by atomic mass is 9.85. The molecule has 1 unspecified atom stereocenters. The standard InChI is InChI=1S/C17H21BrN4O2/c18-11-5-12-13(7-21-14(12)20-6-11)15(24)22-9-17(10-23)8-16(17)1-3-19-4-2-16/h5-7,19,23H,1-4,8-10H2,(H,20,21)(H,22,24). The number of aliphatic hydroxyl groups is 1. The van der Waals surface area contributed by atoms with Gasteiger partial charge >= 0.3 is 0 Å². The first-order chi connectivity index (χ1) is 11.6. The Bertz CT molecular complexity index is 784. The summed E-state index contributed by atoms with van der Waals surface area (Å²) in [4.78, 5) is 19.9. The van der Waals surface area contributed by atoms with Gasteiger partial charge in [0.15, 0.2) is 0 Å². The first kappa shape index (κ1) is 16.1. The number of fused-ring (bicyclic) bond motifs is 1. The van der Waals surface area contributed by atoms with Gasteiger partial charge < -0.3 is 20.7 Å². The Morgan fingerprint density at radius 3 is 2.96 bits per heavy atom. The molecule has 4 rings (SSSR count). The lowest BCUT2D eigenvalue weighted by Gasteiger charge is -2.29. The first-order valence-electron chi connectivity index (χ1n) is 8.32. The van der Waals surface area contributed by atoms with Crippen LogP contribution in [0.4, 0.5) is 0 Å². The number of aliphatic hydroxyl groups excluding tert-OH is 1. The molecule has 2 aromatic heterocycles. The van der Waals surface area contributed by atoms with Gasteiger partial charge in [0, 0.05) is 34.2 Å². The van der Waals surface area contributed by atoms with Gasteiger partial charge in [-0.25, -0.2) is 4.98 Å². The maximum atomic E-state index is 12.6. The molecule has 1 aliphatic heterocycles. The summed E-state index contributed by atoms with van der Waals surface area (Å²) in [5, 5.41) is 17.1. The first-order valence-corrected chi connectivity index (χ1v) is 9.11. The summed E-state index contributed by atoms with van der Waals surface area (Å²) in [5.74, 6) is -0.120. The summed E-state index contributed by atoms with van der Waals surface area (Å²) in [6.45, 7) is 2.65. The average Bonchev–Trinajstić information content (AvgIpc) is 2.99. The summed E-state index contributed by atoms with van der Waals surface area (Å²) >= 11 is 3.39. The van der Waals surface area contributed by atoms with E-state index in [0.29, 0.717) is 17.8 Å². The van der Waals surface area contributed by atoms with E-state index in [1.165, 1.54) is 0 Å². The van der Waals surface area contributed by atoms with Crippen molar-refractivity contribution in [2.75, 3.05) is 26.2 Å². The van der Waals surface area contributed by atoms with Crippen LogP contribution in [0.25, 0.3) is 11.0 Å². The largest absolute Gasteiger partial charge is 0.396 e. The van der Waals surface area contributed by atoms with Crippen LogP contribution in [0.1, 0.15) is 29.6 Å². The van der Waals surface area contributed by atoms with Gasteiger partial charge in [-0.2, -0.15) is 0 Å². The molecule has 0 aromatic carbocycles. The molecule has 1 saturated heterocycles. The van der Waals surface area contributed by atoms with Crippen LogP contribution in [0.3, 0.4) is 0 Å². The number of aromatic nitrogens is 2. The summed E-state index contributed by atoms with van der Waals surface area (Å²) in [5.41, 5.74) is 1.33. The van der Waals surface area contributed by atoms with E-state index in [9.17, 15) is 9.90 Å². The van der Waals surface area contributed by atoms with E-state index in [2.05, 4.69) is 36.5 Å². The van der Waals surface area contributed by atoms with Gasteiger partial charge in [-0.15, -0.1) is 0 Å². The van der Waals surface area contributed by atoms with Crippen molar-refractivity contribution in [2.45, 2.75) is 19.3 Å².